The van der Waals surface area contributed by atoms with E-state index in [1.54, 1.807) is 13.1 Å². The van der Waals surface area contributed by atoms with Gasteiger partial charge in [-0.15, -0.1) is 0 Å². The number of nitrogens with one attached hydrogen (secondary N) is 1. The summed E-state index contributed by atoms with van der Waals surface area (Å²) in [5.74, 6) is 0. The zero-order valence-electron chi connectivity index (χ0n) is 15.1. The zero-order chi connectivity index (χ0) is 19.2. The van der Waals surface area contributed by atoms with Crippen LogP contribution in [0.25, 0.3) is 0 Å². The smallest absolute Gasteiger partial charge is 0.330 e. The lowest BCUT2D eigenvalue weighted by molar-refractivity contribution is -0.137. The van der Waals surface area contributed by atoms with Crippen LogP contribution in [0, 0.1) is 13.8 Å². The summed E-state index contributed by atoms with van der Waals surface area (Å²) in [5, 5.41) is 3.45. The Morgan fingerprint density at radius 3 is 2.54 bits per heavy atom. The molecule has 26 heavy (non-hydrogen) atoms. The second kappa shape index (κ2) is 9.09. The highest BCUT2D eigenvalue weighted by molar-refractivity contribution is 5.26. The van der Waals surface area contributed by atoms with Crippen LogP contribution in [0.3, 0.4) is 0 Å². The van der Waals surface area contributed by atoms with Crippen molar-refractivity contribution in [2.45, 2.75) is 51.9 Å². The number of aryl methyl sites for hydroxylation is 2. The molecule has 0 aliphatic heterocycles. The van der Waals surface area contributed by atoms with Crippen LogP contribution in [0.15, 0.2) is 30.6 Å². The van der Waals surface area contributed by atoms with Crippen molar-refractivity contribution in [2.75, 3.05) is 6.54 Å². The molecule has 0 aliphatic rings. The van der Waals surface area contributed by atoms with Crippen molar-refractivity contribution in [1.29, 1.82) is 0 Å². The third-order valence-electron chi connectivity index (χ3n) is 4.39. The van der Waals surface area contributed by atoms with E-state index in [9.17, 15) is 13.2 Å². The van der Waals surface area contributed by atoms with Crippen molar-refractivity contribution < 1.29 is 13.2 Å². The average Bonchev–Trinajstić information content (AvgIpc) is 2.59. The normalized spacial score (nSPS) is 13.0. The Balaban J connectivity index is 2.08. The molecule has 2 aromatic heterocycles. The minimum atomic E-state index is -4.37. The molecule has 0 saturated heterocycles. The first kappa shape index (κ1) is 20.3. The highest BCUT2D eigenvalue weighted by atomic mass is 19.4. The van der Waals surface area contributed by atoms with Crippen molar-refractivity contribution in [1.82, 2.24) is 15.3 Å². The summed E-state index contributed by atoms with van der Waals surface area (Å²) >= 11 is 0. The Bertz CT molecular complexity index is 716. The Hall–Kier alpha value is -1.99. The molecule has 0 aliphatic carbocycles. The molecule has 142 valence electrons. The molecule has 0 radical (unpaired) electrons. The number of nitrogens with zero attached hydrogens (tertiary/aromatic N) is 2. The van der Waals surface area contributed by atoms with E-state index >= 15 is 0 Å². The van der Waals surface area contributed by atoms with E-state index in [4.69, 9.17) is 5.73 Å². The van der Waals surface area contributed by atoms with Crippen molar-refractivity contribution in [2.24, 2.45) is 5.73 Å². The third kappa shape index (κ3) is 5.78. The molecule has 3 N–H and O–H groups in total. The number of aromatic nitrogens is 2. The fraction of sp³-hybridized carbons (Fsp3) is 0.474. The summed E-state index contributed by atoms with van der Waals surface area (Å²) in [6, 6.07) is 5.12. The van der Waals surface area contributed by atoms with E-state index in [2.05, 4.69) is 15.3 Å². The van der Waals surface area contributed by atoms with Gasteiger partial charge in [-0.3, -0.25) is 9.97 Å². The molecular formula is C19H25F3N4. The van der Waals surface area contributed by atoms with Crippen molar-refractivity contribution in [3.8, 4) is 0 Å². The van der Waals surface area contributed by atoms with Crippen molar-refractivity contribution >= 4 is 0 Å². The van der Waals surface area contributed by atoms with Gasteiger partial charge in [0, 0.05) is 37.1 Å². The maximum Gasteiger partial charge on any atom is 0.417 e. The third-order valence-corrected chi connectivity index (χ3v) is 4.39. The molecule has 0 fully saturated rings. The van der Waals surface area contributed by atoms with E-state index < -0.39 is 11.7 Å². The maximum atomic E-state index is 12.8. The predicted molar refractivity (Wildman–Crippen MR) is 95.6 cm³/mol. The summed E-state index contributed by atoms with van der Waals surface area (Å²) in [6.07, 6.45) is 0.495. The lowest BCUT2D eigenvalue weighted by atomic mass is 10.0. The van der Waals surface area contributed by atoms with E-state index in [0.29, 0.717) is 30.8 Å². The van der Waals surface area contributed by atoms with Gasteiger partial charge in [-0.2, -0.15) is 13.2 Å². The lowest BCUT2D eigenvalue weighted by Gasteiger charge is -2.20. The van der Waals surface area contributed by atoms with Gasteiger partial charge in [0.05, 0.1) is 11.3 Å². The summed E-state index contributed by atoms with van der Waals surface area (Å²) in [6.45, 7) is 4.84. The largest absolute Gasteiger partial charge is 0.417 e. The molecular weight excluding hydrogens is 341 g/mol. The minimum absolute atomic E-state index is 0.0721. The second-order valence-corrected chi connectivity index (χ2v) is 6.47. The van der Waals surface area contributed by atoms with Gasteiger partial charge in [0.2, 0.25) is 0 Å². The average molecular weight is 366 g/mol. The van der Waals surface area contributed by atoms with Gasteiger partial charge in [-0.05, 0) is 56.5 Å². The highest BCUT2D eigenvalue weighted by Crippen LogP contribution is 2.29. The zero-order valence-corrected chi connectivity index (χ0v) is 15.1. The molecule has 1 atom stereocenters. The first-order valence-corrected chi connectivity index (χ1v) is 8.68. The molecule has 0 saturated carbocycles. The van der Waals surface area contributed by atoms with Gasteiger partial charge in [0.25, 0.3) is 0 Å². The van der Waals surface area contributed by atoms with E-state index in [0.717, 1.165) is 36.4 Å². The summed E-state index contributed by atoms with van der Waals surface area (Å²) < 4.78 is 38.4. The number of nitrogens with two attached hydrogens (primary N) is 1. The number of halogens is 3. The van der Waals surface area contributed by atoms with Crippen LogP contribution in [-0.2, 0) is 19.1 Å². The maximum absolute atomic E-state index is 12.8. The molecule has 0 aromatic carbocycles. The van der Waals surface area contributed by atoms with Crippen LogP contribution in [0.2, 0.25) is 0 Å². The first-order valence-electron chi connectivity index (χ1n) is 8.68. The molecule has 2 aromatic rings. The number of hydrogen-bond donors (Lipinski definition) is 2. The Morgan fingerprint density at radius 1 is 1.15 bits per heavy atom. The molecule has 1 unspecified atom stereocenters. The number of hydrogen-bond acceptors (Lipinski definition) is 4. The lowest BCUT2D eigenvalue weighted by Crippen LogP contribution is -2.32. The summed E-state index contributed by atoms with van der Waals surface area (Å²) in [4.78, 5) is 8.42. The van der Waals surface area contributed by atoms with Crippen LogP contribution >= 0.6 is 0 Å². The molecule has 0 bridgehead atoms. The quantitative estimate of drug-likeness (QED) is 0.750. The van der Waals surface area contributed by atoms with Crippen molar-refractivity contribution in [3.63, 3.8) is 0 Å². The van der Waals surface area contributed by atoms with Gasteiger partial charge >= 0.3 is 6.18 Å². The number of rotatable bonds is 8. The highest BCUT2D eigenvalue weighted by Gasteiger charge is 2.31. The SMILES string of the molecule is Cc1cccnc1CNC(CCCN)Cc1ncc(C(F)(F)F)cc1C. The van der Waals surface area contributed by atoms with Gasteiger partial charge < -0.3 is 11.1 Å². The van der Waals surface area contributed by atoms with Gasteiger partial charge in [0.1, 0.15) is 0 Å². The summed E-state index contributed by atoms with van der Waals surface area (Å²) in [7, 11) is 0. The van der Waals surface area contributed by atoms with Crippen LogP contribution in [0.1, 0.15) is 40.9 Å². The van der Waals surface area contributed by atoms with Gasteiger partial charge in [0.15, 0.2) is 0 Å². The number of alkyl halides is 3. The second-order valence-electron chi connectivity index (χ2n) is 6.47. The molecule has 2 heterocycles. The minimum Gasteiger partial charge on any atom is -0.330 e. The fourth-order valence-electron chi connectivity index (χ4n) is 2.79. The molecule has 2 rings (SSSR count). The Kier molecular flexibility index (Phi) is 7.11. The standard InChI is InChI=1S/C19H25F3N4/c1-13-5-4-8-24-18(13)12-25-16(6-3-7-23)10-17-14(2)9-15(11-26-17)19(20,21)22/h4-5,8-9,11,16,25H,3,6-7,10,12,23H2,1-2H3. The Labute approximate surface area is 152 Å². The molecule has 4 nitrogen and oxygen atoms in total. The molecule has 7 heteroatoms. The first-order chi connectivity index (χ1) is 12.3. The number of pyridine rings is 2. The topological polar surface area (TPSA) is 63.8 Å². The monoisotopic (exact) mass is 366 g/mol. The molecule has 0 amide bonds. The van der Waals surface area contributed by atoms with E-state index in [1.807, 2.05) is 19.1 Å². The van der Waals surface area contributed by atoms with Crippen LogP contribution in [0.4, 0.5) is 13.2 Å². The van der Waals surface area contributed by atoms with E-state index in [1.165, 1.54) is 0 Å². The van der Waals surface area contributed by atoms with E-state index in [-0.39, 0.29) is 6.04 Å². The Morgan fingerprint density at radius 2 is 1.92 bits per heavy atom. The fourth-order valence-corrected chi connectivity index (χ4v) is 2.79. The predicted octanol–water partition coefficient (Wildman–Crippen LogP) is 3.55. The summed E-state index contributed by atoms with van der Waals surface area (Å²) in [5.41, 5.74) is 8.18. The van der Waals surface area contributed by atoms with Crippen LogP contribution in [-0.4, -0.2) is 22.6 Å². The van der Waals surface area contributed by atoms with Gasteiger partial charge in [-0.25, -0.2) is 0 Å². The van der Waals surface area contributed by atoms with Gasteiger partial charge in [-0.1, -0.05) is 6.07 Å². The van der Waals surface area contributed by atoms with Crippen LogP contribution in [0.5, 0.6) is 0 Å². The van der Waals surface area contributed by atoms with Crippen molar-refractivity contribution in [3.05, 3.63) is 58.7 Å². The van der Waals surface area contributed by atoms with Crippen LogP contribution < -0.4 is 11.1 Å². The molecule has 0 spiro atoms.